The summed E-state index contributed by atoms with van der Waals surface area (Å²) in [5.41, 5.74) is 0.144. The van der Waals surface area contributed by atoms with Crippen molar-refractivity contribution in [2.75, 3.05) is 19.5 Å². The third-order valence-corrected chi connectivity index (χ3v) is 7.02. The van der Waals surface area contributed by atoms with E-state index in [0.717, 1.165) is 19.3 Å². The Bertz CT molecular complexity index is 827. The van der Waals surface area contributed by atoms with E-state index in [0.29, 0.717) is 24.4 Å². The first kappa shape index (κ1) is 20.1. The fraction of sp³-hybridized carbons (Fsp3) is 0.636. The number of rotatable bonds is 6. The Morgan fingerprint density at radius 2 is 2.03 bits per heavy atom. The third-order valence-electron chi connectivity index (χ3n) is 7.02. The van der Waals surface area contributed by atoms with Gasteiger partial charge >= 0.3 is 0 Å². The first-order valence-corrected chi connectivity index (χ1v) is 10.4. The topological polar surface area (TPSA) is 85.7 Å². The van der Waals surface area contributed by atoms with Gasteiger partial charge in [-0.25, -0.2) is 4.39 Å². The van der Waals surface area contributed by atoms with Crippen LogP contribution in [0.2, 0.25) is 0 Å². The van der Waals surface area contributed by atoms with Crippen molar-refractivity contribution in [2.45, 2.75) is 63.1 Å². The van der Waals surface area contributed by atoms with Crippen LogP contribution in [0.25, 0.3) is 0 Å². The molecule has 2 saturated heterocycles. The zero-order chi connectivity index (χ0) is 20.9. The molecular weight excluding hydrogens is 373 g/mol. The molecule has 2 aliphatic carbocycles. The van der Waals surface area contributed by atoms with Gasteiger partial charge in [0.05, 0.1) is 18.3 Å². The van der Waals surface area contributed by atoms with Crippen LogP contribution >= 0.6 is 0 Å². The lowest BCUT2D eigenvalue weighted by Crippen LogP contribution is -2.65. The quantitative estimate of drug-likeness (QED) is 0.637. The van der Waals surface area contributed by atoms with Gasteiger partial charge in [0.25, 0.3) is 0 Å². The molecule has 2 aliphatic heterocycles. The van der Waals surface area contributed by atoms with E-state index in [1.165, 1.54) is 13.2 Å². The van der Waals surface area contributed by atoms with Crippen LogP contribution in [0.4, 0.5) is 10.1 Å². The molecule has 3 N–H and O–H groups in total. The number of piperidine rings is 2. The number of carbonyl (C=O) groups excluding carboxylic acids is 1. The summed E-state index contributed by atoms with van der Waals surface area (Å²) in [6.07, 6.45) is 4.27. The first-order chi connectivity index (χ1) is 13.8. The molecule has 0 spiro atoms. The van der Waals surface area contributed by atoms with Gasteiger partial charge < -0.3 is 25.5 Å². The maximum Gasteiger partial charge on any atom is 0.223 e. The number of ether oxygens (including phenoxy) is 1. The predicted octanol–water partition coefficient (Wildman–Crippen LogP) is 3.17. The van der Waals surface area contributed by atoms with Crippen LogP contribution in [0.1, 0.15) is 51.0 Å². The van der Waals surface area contributed by atoms with Crippen LogP contribution in [0, 0.1) is 23.1 Å². The molecule has 3 unspecified atom stereocenters. The van der Waals surface area contributed by atoms with Crippen molar-refractivity contribution in [3.8, 4) is 5.75 Å². The van der Waals surface area contributed by atoms with Gasteiger partial charge in [-0.3, -0.25) is 4.79 Å². The van der Waals surface area contributed by atoms with E-state index in [2.05, 4.69) is 5.32 Å². The molecule has 5 rings (SSSR count). The molecule has 0 aromatic heterocycles. The van der Waals surface area contributed by atoms with E-state index in [-0.39, 0.29) is 41.4 Å². The van der Waals surface area contributed by atoms with Crippen molar-refractivity contribution in [1.29, 1.82) is 5.41 Å². The smallest absolute Gasteiger partial charge is 0.223 e. The molecule has 1 aromatic carbocycles. The summed E-state index contributed by atoms with van der Waals surface area (Å²) in [5, 5.41) is 22.2. The lowest BCUT2D eigenvalue weighted by Gasteiger charge is -2.59. The molecule has 1 aromatic rings. The van der Waals surface area contributed by atoms with E-state index < -0.39 is 17.3 Å². The van der Waals surface area contributed by atoms with Gasteiger partial charge in [0.1, 0.15) is 0 Å². The van der Waals surface area contributed by atoms with Gasteiger partial charge in [-0.15, -0.1) is 0 Å². The summed E-state index contributed by atoms with van der Waals surface area (Å²) in [4.78, 5) is 15.1. The number of hydrogen-bond donors (Lipinski definition) is 3. The first-order valence-electron chi connectivity index (χ1n) is 10.4. The highest BCUT2D eigenvalue weighted by Crippen LogP contribution is 2.51. The minimum atomic E-state index is -0.600. The minimum absolute atomic E-state index is 0.00830. The molecule has 4 aliphatic rings. The van der Waals surface area contributed by atoms with Gasteiger partial charge in [0, 0.05) is 42.9 Å². The highest BCUT2D eigenvalue weighted by atomic mass is 19.1. The van der Waals surface area contributed by atoms with Crippen LogP contribution in [-0.4, -0.2) is 53.5 Å². The van der Waals surface area contributed by atoms with Crippen molar-refractivity contribution in [1.82, 2.24) is 4.90 Å². The molecule has 4 fully saturated rings. The van der Waals surface area contributed by atoms with Crippen LogP contribution in [0.15, 0.2) is 12.1 Å². The average Bonchev–Trinajstić information content (AvgIpc) is 2.65. The number of carbonyl (C=O) groups is 1. The Labute approximate surface area is 170 Å². The molecule has 7 heteroatoms. The monoisotopic (exact) mass is 403 g/mol. The number of aliphatic hydroxyl groups is 1. The molecule has 2 heterocycles. The van der Waals surface area contributed by atoms with E-state index in [4.69, 9.17) is 10.1 Å². The largest absolute Gasteiger partial charge is 0.494 e. The van der Waals surface area contributed by atoms with Crippen LogP contribution in [0.5, 0.6) is 5.75 Å². The van der Waals surface area contributed by atoms with Crippen molar-refractivity contribution in [2.24, 2.45) is 11.8 Å². The van der Waals surface area contributed by atoms with Gasteiger partial charge in [0.2, 0.25) is 5.91 Å². The van der Waals surface area contributed by atoms with Crippen LogP contribution in [0.3, 0.4) is 0 Å². The van der Waals surface area contributed by atoms with Crippen molar-refractivity contribution in [3.05, 3.63) is 23.5 Å². The molecular formula is C22H30FN3O3. The molecule has 6 nitrogen and oxygen atoms in total. The lowest BCUT2D eigenvalue weighted by atomic mass is 9.61. The molecule has 3 atom stereocenters. The number of benzene rings is 1. The van der Waals surface area contributed by atoms with E-state index in [1.54, 1.807) is 20.0 Å². The number of nitrogens with zero attached hydrogens (tertiary/aromatic N) is 1. The molecule has 0 radical (unpaired) electrons. The molecule has 158 valence electrons. The molecule has 1 amide bonds. The second kappa shape index (κ2) is 7.27. The van der Waals surface area contributed by atoms with Crippen LogP contribution in [-0.2, 0) is 4.79 Å². The standard InChI is InChI=1S/C22H30FN3O3/c1-12(21(24)19-16(25-2)4-5-17(29-3)20(19)23)6-18(27)26-14-7-13-8-15(26)11-22(28,9-13)10-14/h4-5,12-15,24-25,28H,6-11H2,1-3H3. The Morgan fingerprint density at radius 1 is 1.38 bits per heavy atom. The summed E-state index contributed by atoms with van der Waals surface area (Å²) >= 11 is 0. The summed E-state index contributed by atoms with van der Waals surface area (Å²) in [5.74, 6) is -0.409. The highest BCUT2D eigenvalue weighted by molar-refractivity contribution is 6.06. The molecule has 4 bridgehead atoms. The zero-order valence-electron chi connectivity index (χ0n) is 17.3. The van der Waals surface area contributed by atoms with Gasteiger partial charge in [-0.1, -0.05) is 6.92 Å². The van der Waals surface area contributed by atoms with E-state index in [9.17, 15) is 14.3 Å². The van der Waals surface area contributed by atoms with Gasteiger partial charge in [0.15, 0.2) is 11.6 Å². The summed E-state index contributed by atoms with van der Waals surface area (Å²) < 4.78 is 19.9. The summed E-state index contributed by atoms with van der Waals surface area (Å²) in [6, 6.07) is 3.41. The number of methoxy groups -OCH3 is 1. The normalized spacial score (nSPS) is 30.9. The summed E-state index contributed by atoms with van der Waals surface area (Å²) in [6.45, 7) is 1.79. The average molecular weight is 403 g/mol. The minimum Gasteiger partial charge on any atom is -0.494 e. The van der Waals surface area contributed by atoms with Gasteiger partial charge in [-0.2, -0.15) is 0 Å². The van der Waals surface area contributed by atoms with Gasteiger partial charge in [-0.05, 0) is 50.2 Å². The predicted molar refractivity (Wildman–Crippen MR) is 109 cm³/mol. The lowest BCUT2D eigenvalue weighted by molar-refractivity contribution is -0.175. The zero-order valence-corrected chi connectivity index (χ0v) is 17.3. The Hall–Kier alpha value is -2.15. The maximum atomic E-state index is 14.9. The number of nitrogens with one attached hydrogen (secondary N) is 2. The van der Waals surface area contributed by atoms with E-state index in [1.807, 2.05) is 4.90 Å². The third kappa shape index (κ3) is 3.39. The number of amides is 1. The summed E-state index contributed by atoms with van der Waals surface area (Å²) in [7, 11) is 3.07. The highest BCUT2D eigenvalue weighted by Gasteiger charge is 2.55. The molecule has 29 heavy (non-hydrogen) atoms. The van der Waals surface area contributed by atoms with Crippen molar-refractivity contribution < 1.29 is 19.0 Å². The maximum absolute atomic E-state index is 14.9. The second-order valence-corrected chi connectivity index (χ2v) is 9.06. The van der Waals surface area contributed by atoms with E-state index >= 15 is 0 Å². The number of hydrogen-bond acceptors (Lipinski definition) is 5. The SMILES string of the molecule is CNc1ccc(OC)c(F)c1C(=N)C(C)CC(=O)N1C2CC3CC1CC(O)(C3)C2. The number of halogens is 1. The Balaban J connectivity index is 1.51. The fourth-order valence-electron chi connectivity index (χ4n) is 5.89. The van der Waals surface area contributed by atoms with Crippen LogP contribution < -0.4 is 10.1 Å². The van der Waals surface area contributed by atoms with Crippen molar-refractivity contribution >= 4 is 17.3 Å². The molecule has 2 saturated carbocycles. The second-order valence-electron chi connectivity index (χ2n) is 9.06. The Morgan fingerprint density at radius 3 is 2.59 bits per heavy atom. The Kier molecular flexibility index (Phi) is 5.05. The van der Waals surface area contributed by atoms with Crippen molar-refractivity contribution in [3.63, 3.8) is 0 Å². The fourth-order valence-corrected chi connectivity index (χ4v) is 5.89. The number of anilines is 1.